The van der Waals surface area contributed by atoms with E-state index in [2.05, 4.69) is 10.1 Å². The number of hydrogen-bond donors (Lipinski definition) is 3. The van der Waals surface area contributed by atoms with Gasteiger partial charge in [-0.15, -0.1) is 0 Å². The summed E-state index contributed by atoms with van der Waals surface area (Å²) in [5.74, 6) is 5.21. The smallest absolute Gasteiger partial charge is 0.313 e. The Morgan fingerprint density at radius 3 is 2.52 bits per heavy atom. The van der Waals surface area contributed by atoms with Gasteiger partial charge in [0.2, 0.25) is 10.0 Å². The maximum atomic E-state index is 12.4. The minimum atomic E-state index is -3.99. The molecule has 118 valence electrons. The van der Waals surface area contributed by atoms with Crippen LogP contribution in [0.2, 0.25) is 0 Å². The maximum Gasteiger partial charge on any atom is 0.313 e. The van der Waals surface area contributed by atoms with Crippen molar-refractivity contribution < 1.29 is 13.3 Å². The summed E-state index contributed by atoms with van der Waals surface area (Å²) in [5.41, 5.74) is 1.54. The number of rotatable bonds is 8. The molecule has 0 aromatic heterocycles. The van der Waals surface area contributed by atoms with Gasteiger partial charge in [-0.3, -0.25) is 16.0 Å². The number of hydrogen-bond acceptors (Lipinski definition) is 6. The van der Waals surface area contributed by atoms with Crippen molar-refractivity contribution in [3.05, 3.63) is 28.3 Å². The first-order chi connectivity index (χ1) is 9.87. The fraction of sp³-hybridized carbons (Fsp3) is 0.500. The van der Waals surface area contributed by atoms with E-state index in [1.807, 2.05) is 13.8 Å². The highest BCUT2D eigenvalue weighted by Crippen LogP contribution is 2.31. The highest BCUT2D eigenvalue weighted by Gasteiger charge is 2.30. The molecule has 9 heteroatoms. The number of nitrogens with one attached hydrogen (secondary N) is 2. The van der Waals surface area contributed by atoms with Crippen LogP contribution in [0.5, 0.6) is 0 Å². The normalized spacial score (nSPS) is 12.9. The van der Waals surface area contributed by atoms with Gasteiger partial charge >= 0.3 is 5.69 Å². The summed E-state index contributed by atoms with van der Waals surface area (Å²) in [5, 5.41) is 11.1. The molecule has 21 heavy (non-hydrogen) atoms. The zero-order valence-corrected chi connectivity index (χ0v) is 12.8. The molecule has 0 fully saturated rings. The molecule has 4 N–H and O–H groups in total. The third kappa shape index (κ3) is 4.13. The summed E-state index contributed by atoms with van der Waals surface area (Å²) < 4.78 is 27.3. The summed E-state index contributed by atoms with van der Waals surface area (Å²) >= 11 is 0. The highest BCUT2D eigenvalue weighted by molar-refractivity contribution is 7.89. The molecule has 0 radical (unpaired) electrons. The Morgan fingerprint density at radius 2 is 2.05 bits per heavy atom. The Balaban J connectivity index is 3.28. The lowest BCUT2D eigenvalue weighted by atomic mass is 10.1. The van der Waals surface area contributed by atoms with Gasteiger partial charge in [0.25, 0.3) is 0 Å². The average Bonchev–Trinajstić information content (AvgIpc) is 2.45. The van der Waals surface area contributed by atoms with Gasteiger partial charge in [0, 0.05) is 6.04 Å². The van der Waals surface area contributed by atoms with E-state index in [-0.39, 0.29) is 11.7 Å². The number of nitro benzene ring substituents is 1. The van der Waals surface area contributed by atoms with Crippen LogP contribution in [0.4, 0.5) is 11.4 Å². The van der Waals surface area contributed by atoms with E-state index in [0.29, 0.717) is 12.8 Å². The molecule has 1 aromatic carbocycles. The summed E-state index contributed by atoms with van der Waals surface area (Å²) in [4.78, 5) is 10.00. The standard InChI is InChI=1S/C12H20N4O4S/c1-3-6-9(4-2)15-21(19,20)11-8-5-7-10(14-13)12(11)16(17)18/h5,7-9,14-15H,3-4,6,13H2,1-2H3. The van der Waals surface area contributed by atoms with E-state index < -0.39 is 25.5 Å². The summed E-state index contributed by atoms with van der Waals surface area (Å²) in [6.07, 6.45) is 2.08. The number of para-hydroxylation sites is 1. The number of nitrogen functional groups attached to an aromatic ring is 1. The summed E-state index contributed by atoms with van der Waals surface area (Å²) in [6, 6.07) is 3.69. The Hall–Kier alpha value is -1.71. The van der Waals surface area contributed by atoms with Crippen molar-refractivity contribution in [3.8, 4) is 0 Å². The lowest BCUT2D eigenvalue weighted by Gasteiger charge is -2.16. The van der Waals surface area contributed by atoms with Crippen LogP contribution >= 0.6 is 0 Å². The Labute approximate surface area is 123 Å². The van der Waals surface area contributed by atoms with Gasteiger partial charge in [-0.05, 0) is 25.0 Å². The SMILES string of the molecule is CCCC(CC)NS(=O)(=O)c1cccc(NN)c1[N+](=O)[O-]. The van der Waals surface area contributed by atoms with E-state index in [1.165, 1.54) is 18.2 Å². The molecule has 0 aliphatic rings. The lowest BCUT2D eigenvalue weighted by molar-refractivity contribution is -0.386. The average molecular weight is 316 g/mol. The number of hydrazine groups is 1. The second-order valence-corrected chi connectivity index (χ2v) is 6.25. The number of nitrogens with two attached hydrogens (primary N) is 1. The maximum absolute atomic E-state index is 12.4. The first kappa shape index (κ1) is 17.3. The quantitative estimate of drug-likeness (QED) is 0.381. The van der Waals surface area contributed by atoms with Gasteiger partial charge in [-0.2, -0.15) is 0 Å². The first-order valence-corrected chi connectivity index (χ1v) is 8.12. The molecule has 0 heterocycles. The predicted molar refractivity (Wildman–Crippen MR) is 80.2 cm³/mol. The Kier molecular flexibility index (Phi) is 6.06. The molecule has 0 aliphatic carbocycles. The molecule has 0 saturated carbocycles. The van der Waals surface area contributed by atoms with Crippen LogP contribution in [0.25, 0.3) is 0 Å². The van der Waals surface area contributed by atoms with Crippen molar-refractivity contribution in [2.45, 2.75) is 44.0 Å². The van der Waals surface area contributed by atoms with Gasteiger partial charge in [-0.25, -0.2) is 13.1 Å². The summed E-state index contributed by atoms with van der Waals surface area (Å²) in [7, 11) is -3.99. The Morgan fingerprint density at radius 1 is 1.38 bits per heavy atom. The van der Waals surface area contributed by atoms with Gasteiger partial charge in [0.1, 0.15) is 5.69 Å². The molecule has 0 spiro atoms. The van der Waals surface area contributed by atoms with E-state index in [4.69, 9.17) is 5.84 Å². The highest BCUT2D eigenvalue weighted by atomic mass is 32.2. The number of benzene rings is 1. The molecule has 8 nitrogen and oxygen atoms in total. The second kappa shape index (κ2) is 7.34. The monoisotopic (exact) mass is 316 g/mol. The third-order valence-corrected chi connectivity index (χ3v) is 4.63. The predicted octanol–water partition coefficient (Wildman–Crippen LogP) is 1.74. The van der Waals surface area contributed by atoms with Gasteiger partial charge < -0.3 is 5.43 Å². The van der Waals surface area contributed by atoms with Crippen LogP contribution in [-0.4, -0.2) is 19.4 Å². The molecule has 1 rings (SSSR count). The molecular weight excluding hydrogens is 296 g/mol. The van der Waals surface area contributed by atoms with Crippen molar-refractivity contribution in [2.75, 3.05) is 5.43 Å². The topological polar surface area (TPSA) is 127 Å². The number of sulfonamides is 1. The van der Waals surface area contributed by atoms with Crippen molar-refractivity contribution in [2.24, 2.45) is 5.84 Å². The van der Waals surface area contributed by atoms with Gasteiger partial charge in [0.15, 0.2) is 4.90 Å². The van der Waals surface area contributed by atoms with E-state index in [9.17, 15) is 18.5 Å². The zero-order chi connectivity index (χ0) is 16.0. The number of anilines is 1. The van der Waals surface area contributed by atoms with Crippen LogP contribution in [-0.2, 0) is 10.0 Å². The molecule has 0 bridgehead atoms. The number of nitro groups is 1. The Bertz CT molecular complexity index is 603. The largest absolute Gasteiger partial charge is 0.318 e. The van der Waals surface area contributed by atoms with E-state index in [1.54, 1.807) is 0 Å². The molecular formula is C12H20N4O4S. The van der Waals surface area contributed by atoms with Crippen molar-refractivity contribution in [1.82, 2.24) is 4.72 Å². The van der Waals surface area contributed by atoms with Gasteiger partial charge in [-0.1, -0.05) is 26.3 Å². The van der Waals surface area contributed by atoms with Crippen molar-refractivity contribution in [1.29, 1.82) is 0 Å². The van der Waals surface area contributed by atoms with Crippen LogP contribution in [0.3, 0.4) is 0 Å². The van der Waals surface area contributed by atoms with E-state index in [0.717, 1.165) is 6.42 Å². The summed E-state index contributed by atoms with van der Waals surface area (Å²) in [6.45, 7) is 3.80. The van der Waals surface area contributed by atoms with Crippen molar-refractivity contribution >= 4 is 21.4 Å². The molecule has 0 saturated heterocycles. The van der Waals surface area contributed by atoms with Crippen LogP contribution in [0.1, 0.15) is 33.1 Å². The first-order valence-electron chi connectivity index (χ1n) is 6.63. The second-order valence-electron chi connectivity index (χ2n) is 4.57. The van der Waals surface area contributed by atoms with E-state index >= 15 is 0 Å². The van der Waals surface area contributed by atoms with Gasteiger partial charge in [0.05, 0.1) is 4.92 Å². The van der Waals surface area contributed by atoms with Crippen LogP contribution < -0.4 is 16.0 Å². The molecule has 0 amide bonds. The molecule has 1 aromatic rings. The fourth-order valence-electron chi connectivity index (χ4n) is 2.02. The van der Waals surface area contributed by atoms with Crippen LogP contribution in [0, 0.1) is 10.1 Å². The molecule has 1 unspecified atom stereocenters. The minimum absolute atomic E-state index is 0.0496. The molecule has 1 atom stereocenters. The minimum Gasteiger partial charge on any atom is -0.318 e. The lowest BCUT2D eigenvalue weighted by Crippen LogP contribution is -2.34. The number of nitrogens with zero attached hydrogens (tertiary/aromatic N) is 1. The van der Waals surface area contributed by atoms with Crippen molar-refractivity contribution in [3.63, 3.8) is 0 Å². The zero-order valence-electron chi connectivity index (χ0n) is 12.0. The fourth-order valence-corrected chi connectivity index (χ4v) is 3.57. The van der Waals surface area contributed by atoms with Crippen LogP contribution in [0.15, 0.2) is 23.1 Å². The molecule has 0 aliphatic heterocycles. The third-order valence-electron chi connectivity index (χ3n) is 3.08.